The molecule has 0 radical (unpaired) electrons. The van der Waals surface area contributed by atoms with Gasteiger partial charge in [-0.25, -0.2) is 0 Å². The molecular formula is C14H13N5O2. The number of hydrogen-bond donors (Lipinski definition) is 1. The Morgan fingerprint density at radius 2 is 2.33 bits per heavy atom. The van der Waals surface area contributed by atoms with Gasteiger partial charge >= 0.3 is 0 Å². The van der Waals surface area contributed by atoms with Crippen LogP contribution in [0.15, 0.2) is 47.4 Å². The summed E-state index contributed by atoms with van der Waals surface area (Å²) >= 11 is 0. The number of nitrogens with zero attached hydrogens (tertiary/aromatic N) is 4. The Bertz CT molecular complexity index is 734. The number of nitrogens with one attached hydrogen (secondary N) is 1. The molecule has 0 aliphatic carbocycles. The van der Waals surface area contributed by atoms with Gasteiger partial charge in [0, 0.05) is 31.1 Å². The van der Waals surface area contributed by atoms with E-state index < -0.39 is 0 Å². The minimum Gasteiger partial charge on any atom is -0.364 e. The fraction of sp³-hybridized carbons (Fsp3) is 0.143. The molecule has 106 valence electrons. The van der Waals surface area contributed by atoms with Gasteiger partial charge in [-0.05, 0) is 18.2 Å². The zero-order valence-corrected chi connectivity index (χ0v) is 11.4. The predicted octanol–water partition coefficient (Wildman–Crippen LogP) is 1.40. The summed E-state index contributed by atoms with van der Waals surface area (Å²) in [5, 5.41) is 10.8. The van der Waals surface area contributed by atoms with E-state index in [0.29, 0.717) is 23.6 Å². The zero-order valence-electron chi connectivity index (χ0n) is 11.4. The van der Waals surface area contributed by atoms with E-state index in [2.05, 4.69) is 20.6 Å². The van der Waals surface area contributed by atoms with Gasteiger partial charge in [-0.2, -0.15) is 5.10 Å². The standard InChI is InChI=1S/C14H13N5O2/c1-19-13(14(20)16-9-11-4-6-21-18-11)7-12(17-19)10-3-2-5-15-8-10/h2-8H,9H2,1H3,(H,16,20). The summed E-state index contributed by atoms with van der Waals surface area (Å²) in [5.74, 6) is -0.219. The Morgan fingerprint density at radius 3 is 3.05 bits per heavy atom. The fourth-order valence-electron chi connectivity index (χ4n) is 1.93. The molecule has 0 aromatic carbocycles. The van der Waals surface area contributed by atoms with Crippen LogP contribution >= 0.6 is 0 Å². The van der Waals surface area contributed by atoms with Crippen LogP contribution in [0.5, 0.6) is 0 Å². The highest BCUT2D eigenvalue weighted by molar-refractivity contribution is 5.93. The number of aromatic nitrogens is 4. The Balaban J connectivity index is 1.76. The van der Waals surface area contributed by atoms with E-state index in [1.54, 1.807) is 36.3 Å². The van der Waals surface area contributed by atoms with E-state index in [1.165, 1.54) is 6.26 Å². The second kappa shape index (κ2) is 5.58. The number of carbonyl (C=O) groups is 1. The average Bonchev–Trinajstić information content (AvgIpc) is 3.15. The molecule has 3 aromatic rings. The second-order valence-electron chi connectivity index (χ2n) is 4.45. The summed E-state index contributed by atoms with van der Waals surface area (Å²) in [7, 11) is 1.73. The highest BCUT2D eigenvalue weighted by Crippen LogP contribution is 2.17. The third kappa shape index (κ3) is 2.81. The Morgan fingerprint density at radius 1 is 1.43 bits per heavy atom. The molecule has 0 fully saturated rings. The SMILES string of the molecule is Cn1nc(-c2cccnc2)cc1C(=O)NCc1ccon1. The number of amides is 1. The molecule has 0 bridgehead atoms. The lowest BCUT2D eigenvalue weighted by Gasteiger charge is -2.02. The number of hydrogen-bond acceptors (Lipinski definition) is 5. The van der Waals surface area contributed by atoms with Crippen molar-refractivity contribution in [2.75, 3.05) is 0 Å². The van der Waals surface area contributed by atoms with Crippen LogP contribution < -0.4 is 5.32 Å². The monoisotopic (exact) mass is 283 g/mol. The van der Waals surface area contributed by atoms with Crippen LogP contribution in [0.2, 0.25) is 0 Å². The number of rotatable bonds is 4. The van der Waals surface area contributed by atoms with Crippen molar-refractivity contribution in [3.8, 4) is 11.3 Å². The van der Waals surface area contributed by atoms with Crippen molar-refractivity contribution in [2.45, 2.75) is 6.54 Å². The molecule has 7 nitrogen and oxygen atoms in total. The Labute approximate surface area is 120 Å². The van der Waals surface area contributed by atoms with Crippen LogP contribution in [0.3, 0.4) is 0 Å². The normalized spacial score (nSPS) is 10.5. The van der Waals surface area contributed by atoms with Gasteiger partial charge in [0.05, 0.1) is 12.2 Å². The van der Waals surface area contributed by atoms with Crippen LogP contribution in [0.4, 0.5) is 0 Å². The van der Waals surface area contributed by atoms with E-state index in [4.69, 9.17) is 4.52 Å². The maximum atomic E-state index is 12.2. The first-order chi connectivity index (χ1) is 10.2. The van der Waals surface area contributed by atoms with Crippen molar-refractivity contribution in [1.82, 2.24) is 25.2 Å². The van der Waals surface area contributed by atoms with Crippen molar-refractivity contribution in [3.63, 3.8) is 0 Å². The van der Waals surface area contributed by atoms with E-state index in [9.17, 15) is 4.79 Å². The first-order valence-corrected chi connectivity index (χ1v) is 6.36. The van der Waals surface area contributed by atoms with Gasteiger partial charge in [0.1, 0.15) is 17.7 Å². The van der Waals surface area contributed by atoms with E-state index in [-0.39, 0.29) is 5.91 Å². The third-order valence-corrected chi connectivity index (χ3v) is 2.99. The molecule has 7 heteroatoms. The molecule has 3 aromatic heterocycles. The largest absolute Gasteiger partial charge is 0.364 e. The first kappa shape index (κ1) is 13.0. The van der Waals surface area contributed by atoms with Crippen molar-refractivity contribution < 1.29 is 9.32 Å². The van der Waals surface area contributed by atoms with Gasteiger partial charge in [-0.1, -0.05) is 5.16 Å². The van der Waals surface area contributed by atoms with Gasteiger partial charge in [0.15, 0.2) is 0 Å². The fourth-order valence-corrected chi connectivity index (χ4v) is 1.93. The molecule has 3 rings (SSSR count). The molecule has 3 heterocycles. The Kier molecular flexibility index (Phi) is 3.46. The average molecular weight is 283 g/mol. The van der Waals surface area contributed by atoms with Gasteiger partial charge < -0.3 is 9.84 Å². The molecule has 1 N–H and O–H groups in total. The lowest BCUT2D eigenvalue weighted by Crippen LogP contribution is -2.25. The molecule has 0 spiro atoms. The summed E-state index contributed by atoms with van der Waals surface area (Å²) in [5.41, 5.74) is 2.70. The highest BCUT2D eigenvalue weighted by Gasteiger charge is 2.14. The summed E-state index contributed by atoms with van der Waals surface area (Å²) in [6, 6.07) is 7.15. The van der Waals surface area contributed by atoms with Crippen LogP contribution in [-0.4, -0.2) is 25.8 Å². The summed E-state index contributed by atoms with van der Waals surface area (Å²) < 4.78 is 6.25. The van der Waals surface area contributed by atoms with Crippen LogP contribution in [-0.2, 0) is 13.6 Å². The molecule has 21 heavy (non-hydrogen) atoms. The summed E-state index contributed by atoms with van der Waals surface area (Å²) in [4.78, 5) is 16.2. The minimum atomic E-state index is -0.219. The number of pyridine rings is 1. The van der Waals surface area contributed by atoms with E-state index >= 15 is 0 Å². The van der Waals surface area contributed by atoms with Crippen LogP contribution in [0, 0.1) is 0 Å². The minimum absolute atomic E-state index is 0.219. The lowest BCUT2D eigenvalue weighted by molar-refractivity contribution is 0.0940. The van der Waals surface area contributed by atoms with Gasteiger partial charge in [-0.3, -0.25) is 14.5 Å². The van der Waals surface area contributed by atoms with Gasteiger partial charge in [0.2, 0.25) is 0 Å². The van der Waals surface area contributed by atoms with Crippen molar-refractivity contribution in [2.24, 2.45) is 7.05 Å². The van der Waals surface area contributed by atoms with Gasteiger partial charge in [-0.15, -0.1) is 0 Å². The maximum absolute atomic E-state index is 12.2. The number of aryl methyl sites for hydroxylation is 1. The van der Waals surface area contributed by atoms with E-state index in [0.717, 1.165) is 5.56 Å². The number of carbonyl (C=O) groups excluding carboxylic acids is 1. The molecule has 1 amide bonds. The predicted molar refractivity (Wildman–Crippen MR) is 74.1 cm³/mol. The maximum Gasteiger partial charge on any atom is 0.269 e. The molecular weight excluding hydrogens is 270 g/mol. The van der Waals surface area contributed by atoms with Gasteiger partial charge in [0.25, 0.3) is 5.91 Å². The topological polar surface area (TPSA) is 85.8 Å². The summed E-state index contributed by atoms with van der Waals surface area (Å²) in [6.07, 6.45) is 4.86. The summed E-state index contributed by atoms with van der Waals surface area (Å²) in [6.45, 7) is 0.308. The van der Waals surface area contributed by atoms with Crippen molar-refractivity contribution >= 4 is 5.91 Å². The smallest absolute Gasteiger partial charge is 0.269 e. The molecule has 0 aliphatic heterocycles. The quantitative estimate of drug-likeness (QED) is 0.782. The molecule has 0 unspecified atom stereocenters. The first-order valence-electron chi connectivity index (χ1n) is 6.36. The molecule has 0 atom stereocenters. The van der Waals surface area contributed by atoms with Crippen LogP contribution in [0.1, 0.15) is 16.2 Å². The van der Waals surface area contributed by atoms with Crippen molar-refractivity contribution in [3.05, 3.63) is 54.3 Å². The lowest BCUT2D eigenvalue weighted by atomic mass is 10.2. The van der Waals surface area contributed by atoms with E-state index in [1.807, 2.05) is 12.1 Å². The third-order valence-electron chi connectivity index (χ3n) is 2.99. The highest BCUT2D eigenvalue weighted by atomic mass is 16.5. The molecule has 0 saturated carbocycles. The Hall–Kier alpha value is -2.96. The second-order valence-corrected chi connectivity index (χ2v) is 4.45. The van der Waals surface area contributed by atoms with Crippen molar-refractivity contribution in [1.29, 1.82) is 0 Å². The van der Waals surface area contributed by atoms with Crippen LogP contribution in [0.25, 0.3) is 11.3 Å². The molecule has 0 saturated heterocycles. The zero-order chi connectivity index (χ0) is 14.7. The molecule has 0 aliphatic rings.